The summed E-state index contributed by atoms with van der Waals surface area (Å²) in [5, 5.41) is -0.0826. The second-order valence-electron chi connectivity index (χ2n) is 3.23. The highest BCUT2D eigenvalue weighted by atomic mass is 35.5. The summed E-state index contributed by atoms with van der Waals surface area (Å²) < 4.78 is 31.8. The molecule has 86 valence electrons. The second-order valence-corrected chi connectivity index (χ2v) is 5.14. The van der Waals surface area contributed by atoms with Gasteiger partial charge in [0.15, 0.2) is 0 Å². The first kappa shape index (κ1) is 11.2. The van der Waals surface area contributed by atoms with Gasteiger partial charge in [0, 0.05) is 13.1 Å². The van der Waals surface area contributed by atoms with Gasteiger partial charge in [0.05, 0.1) is 12.8 Å². The van der Waals surface area contributed by atoms with Crippen molar-refractivity contribution < 1.29 is 13.2 Å². The third kappa shape index (κ3) is 1.64. The zero-order valence-electron chi connectivity index (χ0n) is 8.64. The van der Waals surface area contributed by atoms with E-state index in [-0.39, 0.29) is 10.2 Å². The van der Waals surface area contributed by atoms with Crippen molar-refractivity contribution in [1.29, 1.82) is 0 Å². The molecule has 0 fully saturated rings. The molecular weight excluding hydrogens is 252 g/mol. The van der Waals surface area contributed by atoms with Crippen LogP contribution in [0, 0.1) is 0 Å². The van der Waals surface area contributed by atoms with Crippen LogP contribution in [-0.2, 0) is 10.0 Å². The van der Waals surface area contributed by atoms with Crippen molar-refractivity contribution in [2.75, 3.05) is 19.1 Å². The molecule has 0 amide bonds. The van der Waals surface area contributed by atoms with Crippen LogP contribution in [-0.4, -0.2) is 27.9 Å². The second kappa shape index (κ2) is 3.64. The van der Waals surface area contributed by atoms with Gasteiger partial charge in [0.2, 0.25) is 5.29 Å². The summed E-state index contributed by atoms with van der Waals surface area (Å²) in [5.74, 6) is 0.562. The Morgan fingerprint density at radius 1 is 1.44 bits per heavy atom. The molecule has 0 spiro atoms. The fourth-order valence-electron chi connectivity index (χ4n) is 1.41. The number of benzene rings is 1. The molecule has 0 radical (unpaired) electrons. The minimum Gasteiger partial charge on any atom is -0.497 e. The summed E-state index contributed by atoms with van der Waals surface area (Å²) in [6.45, 7) is 0. The summed E-state index contributed by atoms with van der Waals surface area (Å²) in [5.41, 5.74) is 0.458. The molecule has 5 nitrogen and oxygen atoms in total. The molecule has 0 aromatic heterocycles. The smallest absolute Gasteiger partial charge is 0.287 e. The predicted octanol–water partition coefficient (Wildman–Crippen LogP) is 1.43. The minimum atomic E-state index is -3.69. The molecule has 0 bridgehead atoms. The standard InChI is InChI=1S/C9H9ClN2O3S/c1-12-7-5-6(15-2)3-4-8(7)16(13,14)11-9(12)10/h3-5H,1-2H3. The van der Waals surface area contributed by atoms with Gasteiger partial charge in [-0.3, -0.25) is 0 Å². The molecule has 0 saturated heterocycles. The Bertz CT molecular complexity index is 568. The summed E-state index contributed by atoms with van der Waals surface area (Å²) in [6.07, 6.45) is 0. The van der Waals surface area contributed by atoms with Crippen LogP contribution in [0.4, 0.5) is 5.69 Å². The molecule has 2 rings (SSSR count). The Morgan fingerprint density at radius 3 is 2.75 bits per heavy atom. The first-order chi connectivity index (χ1) is 7.45. The maximum Gasteiger partial charge on any atom is 0.287 e. The highest BCUT2D eigenvalue weighted by molar-refractivity contribution is 7.90. The van der Waals surface area contributed by atoms with E-state index in [0.717, 1.165) is 0 Å². The number of amidine groups is 1. The van der Waals surface area contributed by atoms with Crippen LogP contribution in [0.5, 0.6) is 5.75 Å². The zero-order valence-corrected chi connectivity index (χ0v) is 10.2. The normalized spacial score (nSPS) is 17.7. The Balaban J connectivity index is 2.71. The molecule has 16 heavy (non-hydrogen) atoms. The molecular formula is C9H9ClN2O3S. The molecule has 1 aromatic rings. The number of sulfonamides is 1. The van der Waals surface area contributed by atoms with Crippen molar-refractivity contribution in [3.63, 3.8) is 0 Å². The average molecular weight is 261 g/mol. The average Bonchev–Trinajstić information content (AvgIpc) is 2.25. The van der Waals surface area contributed by atoms with E-state index in [0.29, 0.717) is 11.4 Å². The predicted molar refractivity (Wildman–Crippen MR) is 61.9 cm³/mol. The van der Waals surface area contributed by atoms with E-state index in [1.54, 1.807) is 19.2 Å². The zero-order chi connectivity index (χ0) is 11.9. The quantitative estimate of drug-likeness (QED) is 0.717. The molecule has 1 aliphatic rings. The maximum atomic E-state index is 11.7. The van der Waals surface area contributed by atoms with E-state index in [1.807, 2.05) is 0 Å². The first-order valence-corrected chi connectivity index (χ1v) is 6.20. The number of anilines is 1. The van der Waals surface area contributed by atoms with Crippen LogP contribution in [0.3, 0.4) is 0 Å². The maximum absolute atomic E-state index is 11.7. The summed E-state index contributed by atoms with van der Waals surface area (Å²) >= 11 is 5.73. The van der Waals surface area contributed by atoms with Gasteiger partial charge >= 0.3 is 0 Å². The number of methoxy groups -OCH3 is 1. The number of hydrogen-bond donors (Lipinski definition) is 0. The Hall–Kier alpha value is -1.27. The monoisotopic (exact) mass is 260 g/mol. The van der Waals surface area contributed by atoms with Gasteiger partial charge in [-0.05, 0) is 23.7 Å². The lowest BCUT2D eigenvalue weighted by atomic mass is 10.3. The van der Waals surface area contributed by atoms with E-state index >= 15 is 0 Å². The van der Waals surface area contributed by atoms with Gasteiger partial charge in [-0.1, -0.05) is 0 Å². The first-order valence-electron chi connectivity index (χ1n) is 4.38. The number of hydrogen-bond acceptors (Lipinski definition) is 4. The van der Waals surface area contributed by atoms with Crippen molar-refractivity contribution in [3.05, 3.63) is 18.2 Å². The van der Waals surface area contributed by atoms with Gasteiger partial charge < -0.3 is 9.64 Å². The molecule has 1 aliphatic heterocycles. The number of rotatable bonds is 1. The summed E-state index contributed by atoms with van der Waals surface area (Å²) in [7, 11) is -0.544. The summed E-state index contributed by atoms with van der Waals surface area (Å²) in [6, 6.07) is 4.62. The van der Waals surface area contributed by atoms with Crippen molar-refractivity contribution in [2.24, 2.45) is 4.40 Å². The van der Waals surface area contributed by atoms with E-state index in [2.05, 4.69) is 4.40 Å². The Kier molecular flexibility index (Phi) is 2.55. The van der Waals surface area contributed by atoms with E-state index < -0.39 is 10.0 Å². The van der Waals surface area contributed by atoms with Crippen LogP contribution >= 0.6 is 11.6 Å². The van der Waals surface area contributed by atoms with Crippen molar-refractivity contribution in [3.8, 4) is 5.75 Å². The number of ether oxygens (including phenoxy) is 1. The largest absolute Gasteiger partial charge is 0.497 e. The van der Waals surface area contributed by atoms with Gasteiger partial charge in [-0.2, -0.15) is 8.42 Å². The molecule has 1 aromatic carbocycles. The molecule has 7 heteroatoms. The van der Waals surface area contributed by atoms with Gasteiger partial charge in [-0.25, -0.2) is 0 Å². The van der Waals surface area contributed by atoms with Crippen LogP contribution in [0.2, 0.25) is 0 Å². The Labute approximate surface area is 98.4 Å². The Morgan fingerprint density at radius 2 is 2.12 bits per heavy atom. The highest BCUT2D eigenvalue weighted by Gasteiger charge is 2.28. The number of fused-ring (bicyclic) bond motifs is 1. The molecule has 1 heterocycles. The van der Waals surface area contributed by atoms with Crippen molar-refractivity contribution in [2.45, 2.75) is 4.90 Å². The third-order valence-corrected chi connectivity index (χ3v) is 4.03. The van der Waals surface area contributed by atoms with Crippen LogP contribution < -0.4 is 9.64 Å². The van der Waals surface area contributed by atoms with Gasteiger partial charge in [0.1, 0.15) is 10.6 Å². The third-order valence-electron chi connectivity index (χ3n) is 2.28. The number of halogens is 1. The molecule has 0 atom stereocenters. The fraction of sp³-hybridized carbons (Fsp3) is 0.222. The SMILES string of the molecule is COc1ccc2c(c1)N(C)C(Cl)=NS2(=O)=O. The van der Waals surface area contributed by atoms with Crippen LogP contribution in [0.15, 0.2) is 27.5 Å². The van der Waals surface area contributed by atoms with Gasteiger partial charge in [0.25, 0.3) is 10.0 Å². The lowest BCUT2D eigenvalue weighted by Crippen LogP contribution is -2.28. The highest BCUT2D eigenvalue weighted by Crippen LogP contribution is 2.34. The molecule has 0 saturated carbocycles. The van der Waals surface area contributed by atoms with E-state index in [9.17, 15) is 8.42 Å². The molecule has 0 aliphatic carbocycles. The van der Waals surface area contributed by atoms with Gasteiger partial charge in [-0.15, -0.1) is 4.40 Å². The van der Waals surface area contributed by atoms with E-state index in [4.69, 9.17) is 16.3 Å². The lowest BCUT2D eigenvalue weighted by molar-refractivity contribution is 0.414. The van der Waals surface area contributed by atoms with Crippen LogP contribution in [0.25, 0.3) is 0 Å². The van der Waals surface area contributed by atoms with Crippen LogP contribution in [0.1, 0.15) is 0 Å². The molecule has 0 N–H and O–H groups in total. The minimum absolute atomic E-state index is 0.0826. The summed E-state index contributed by atoms with van der Waals surface area (Å²) in [4.78, 5) is 1.61. The van der Waals surface area contributed by atoms with Crippen molar-refractivity contribution >= 4 is 32.6 Å². The number of nitrogens with zero attached hydrogens (tertiary/aromatic N) is 2. The topological polar surface area (TPSA) is 59.0 Å². The lowest BCUT2D eigenvalue weighted by Gasteiger charge is -2.23. The molecule has 0 unspecified atom stereocenters. The fourth-order valence-corrected chi connectivity index (χ4v) is 2.90. The van der Waals surface area contributed by atoms with E-state index in [1.165, 1.54) is 18.1 Å². The van der Waals surface area contributed by atoms with Crippen molar-refractivity contribution in [1.82, 2.24) is 0 Å².